The van der Waals surface area contributed by atoms with Crippen molar-refractivity contribution in [3.63, 3.8) is 0 Å². The molecule has 0 saturated carbocycles. The second-order valence-electron chi connectivity index (χ2n) is 3.39. The lowest BCUT2D eigenvalue weighted by molar-refractivity contribution is -0.141. The van der Waals surface area contributed by atoms with Crippen molar-refractivity contribution in [2.75, 3.05) is 5.75 Å². The zero-order valence-electron chi connectivity index (χ0n) is 9.30. The van der Waals surface area contributed by atoms with Crippen LogP contribution in [0.4, 0.5) is 0 Å². The molecular formula is C11H12BrNO4S. The van der Waals surface area contributed by atoms with E-state index >= 15 is 0 Å². The molecule has 0 aliphatic heterocycles. The highest BCUT2D eigenvalue weighted by Crippen LogP contribution is 2.14. The fourth-order valence-electron chi connectivity index (χ4n) is 1.18. The minimum Gasteiger partial charge on any atom is -0.480 e. The van der Waals surface area contributed by atoms with Gasteiger partial charge in [-0.15, -0.1) is 0 Å². The summed E-state index contributed by atoms with van der Waals surface area (Å²) < 4.78 is 5.71. The number of nitrogens with one attached hydrogen (secondary N) is 1. The van der Waals surface area contributed by atoms with Gasteiger partial charge in [-0.05, 0) is 46.3 Å². The summed E-state index contributed by atoms with van der Waals surface area (Å²) in [6, 6.07) is 2.44. The van der Waals surface area contributed by atoms with Gasteiger partial charge < -0.3 is 14.8 Å². The van der Waals surface area contributed by atoms with E-state index in [1.165, 1.54) is 12.2 Å². The third kappa shape index (κ3) is 4.97. The number of carbonyl (C=O) groups is 2. The molecule has 98 valence electrons. The Morgan fingerprint density at radius 3 is 2.78 bits per heavy atom. The number of aliphatic carboxylic acids is 1. The molecule has 0 aliphatic carbocycles. The number of furan rings is 1. The molecule has 18 heavy (non-hydrogen) atoms. The van der Waals surface area contributed by atoms with Gasteiger partial charge in [0.05, 0.1) is 0 Å². The molecule has 0 aromatic carbocycles. The molecule has 1 aromatic heterocycles. The number of amides is 1. The van der Waals surface area contributed by atoms with Crippen molar-refractivity contribution >= 4 is 46.5 Å². The standard InChI is InChI=1S/C11H12BrNO4S/c12-9-3-1-7(17-9)2-4-10(14)13-8(5-6-18)11(15)16/h1-4,8,18H,5-6H2,(H,13,14)(H,15,16)/b4-2+. The molecule has 0 bridgehead atoms. The molecule has 1 rings (SSSR count). The van der Waals surface area contributed by atoms with Gasteiger partial charge in [0.25, 0.3) is 0 Å². The van der Waals surface area contributed by atoms with Gasteiger partial charge in [0.2, 0.25) is 5.91 Å². The third-order valence-electron chi connectivity index (χ3n) is 2.03. The number of thiol groups is 1. The summed E-state index contributed by atoms with van der Waals surface area (Å²) in [7, 11) is 0. The average molecular weight is 334 g/mol. The Hall–Kier alpha value is -1.21. The number of carbonyl (C=O) groups excluding carboxylic acids is 1. The van der Waals surface area contributed by atoms with Crippen molar-refractivity contribution < 1.29 is 19.1 Å². The van der Waals surface area contributed by atoms with Crippen LogP contribution >= 0.6 is 28.6 Å². The van der Waals surface area contributed by atoms with Crippen LogP contribution in [0, 0.1) is 0 Å². The number of halogens is 1. The fourth-order valence-corrected chi connectivity index (χ4v) is 1.76. The smallest absolute Gasteiger partial charge is 0.326 e. The molecule has 0 saturated heterocycles. The molecule has 1 aromatic rings. The zero-order chi connectivity index (χ0) is 13.5. The molecular weight excluding hydrogens is 322 g/mol. The SMILES string of the molecule is O=C(/C=C/c1ccc(Br)o1)NC(CCS)C(=O)O. The van der Waals surface area contributed by atoms with E-state index in [0.717, 1.165) is 0 Å². The van der Waals surface area contributed by atoms with E-state index in [1.54, 1.807) is 12.1 Å². The number of hydrogen-bond acceptors (Lipinski definition) is 4. The molecule has 5 nitrogen and oxygen atoms in total. The molecule has 0 spiro atoms. The monoisotopic (exact) mass is 333 g/mol. The minimum absolute atomic E-state index is 0.268. The van der Waals surface area contributed by atoms with Gasteiger partial charge >= 0.3 is 5.97 Å². The Bertz CT molecular complexity index is 458. The van der Waals surface area contributed by atoms with Crippen molar-refractivity contribution in [2.45, 2.75) is 12.5 Å². The predicted octanol–water partition coefficient (Wildman–Crippen LogP) is 1.94. The third-order valence-corrected chi connectivity index (χ3v) is 2.71. The van der Waals surface area contributed by atoms with Gasteiger partial charge in [0, 0.05) is 6.08 Å². The Morgan fingerprint density at radius 1 is 1.56 bits per heavy atom. The first-order chi connectivity index (χ1) is 8.52. The maximum absolute atomic E-state index is 11.5. The number of carboxylic acids is 1. The molecule has 0 fully saturated rings. The first-order valence-electron chi connectivity index (χ1n) is 5.10. The van der Waals surface area contributed by atoms with Crippen LogP contribution in [0.15, 0.2) is 27.3 Å². The van der Waals surface area contributed by atoms with Gasteiger partial charge in [-0.25, -0.2) is 4.79 Å². The largest absolute Gasteiger partial charge is 0.480 e. The maximum Gasteiger partial charge on any atom is 0.326 e. The summed E-state index contributed by atoms with van der Waals surface area (Å²) in [4.78, 5) is 22.3. The molecule has 7 heteroatoms. The van der Waals surface area contributed by atoms with Gasteiger partial charge in [-0.1, -0.05) is 0 Å². The Balaban J connectivity index is 2.54. The van der Waals surface area contributed by atoms with E-state index in [4.69, 9.17) is 9.52 Å². The van der Waals surface area contributed by atoms with Crippen LogP contribution in [0.2, 0.25) is 0 Å². The molecule has 1 atom stereocenters. The summed E-state index contributed by atoms with van der Waals surface area (Å²) in [6.45, 7) is 0. The normalized spacial score (nSPS) is 12.6. The Labute approximate surface area is 118 Å². The lowest BCUT2D eigenvalue weighted by atomic mass is 10.2. The number of rotatable bonds is 6. The van der Waals surface area contributed by atoms with E-state index < -0.39 is 17.9 Å². The summed E-state index contributed by atoms with van der Waals surface area (Å²) >= 11 is 7.07. The molecule has 1 amide bonds. The average Bonchev–Trinajstić information content (AvgIpc) is 2.72. The fraction of sp³-hybridized carbons (Fsp3) is 0.273. The van der Waals surface area contributed by atoms with E-state index in [2.05, 4.69) is 33.9 Å². The molecule has 0 radical (unpaired) electrons. The Morgan fingerprint density at radius 2 is 2.28 bits per heavy atom. The quantitative estimate of drug-likeness (QED) is 0.549. The lowest BCUT2D eigenvalue weighted by Gasteiger charge is -2.11. The van der Waals surface area contributed by atoms with Crippen LogP contribution in [-0.2, 0) is 9.59 Å². The van der Waals surface area contributed by atoms with Gasteiger partial charge in [0.15, 0.2) is 4.67 Å². The topological polar surface area (TPSA) is 79.5 Å². The van der Waals surface area contributed by atoms with Crippen LogP contribution in [0.25, 0.3) is 6.08 Å². The van der Waals surface area contributed by atoms with Crippen molar-refractivity contribution in [3.05, 3.63) is 28.6 Å². The first kappa shape index (κ1) is 14.8. The predicted molar refractivity (Wildman–Crippen MR) is 73.5 cm³/mol. The van der Waals surface area contributed by atoms with E-state index in [-0.39, 0.29) is 6.42 Å². The highest BCUT2D eigenvalue weighted by atomic mass is 79.9. The molecule has 2 N–H and O–H groups in total. The summed E-state index contributed by atoms with van der Waals surface area (Å²) in [6.07, 6.45) is 2.95. The van der Waals surface area contributed by atoms with Gasteiger partial charge in [0.1, 0.15) is 11.8 Å². The summed E-state index contributed by atoms with van der Waals surface area (Å²) in [5, 5.41) is 11.2. The molecule has 0 aliphatic rings. The van der Waals surface area contributed by atoms with Crippen molar-refractivity contribution in [1.29, 1.82) is 0 Å². The summed E-state index contributed by atoms with van der Waals surface area (Å²) in [5.41, 5.74) is 0. The second-order valence-corrected chi connectivity index (χ2v) is 4.62. The van der Waals surface area contributed by atoms with Crippen LogP contribution in [0.1, 0.15) is 12.2 Å². The number of carboxylic acid groups (broad SMARTS) is 1. The maximum atomic E-state index is 11.5. The van der Waals surface area contributed by atoms with Gasteiger partial charge in [-0.2, -0.15) is 12.6 Å². The van der Waals surface area contributed by atoms with E-state index in [1.807, 2.05) is 0 Å². The Kier molecular flexibility index (Phi) is 6.00. The van der Waals surface area contributed by atoms with Crippen molar-refractivity contribution in [1.82, 2.24) is 5.32 Å². The minimum atomic E-state index is -1.08. The van der Waals surface area contributed by atoms with Gasteiger partial charge in [-0.3, -0.25) is 4.79 Å². The van der Waals surface area contributed by atoms with E-state index in [0.29, 0.717) is 16.2 Å². The summed E-state index contributed by atoms with van der Waals surface area (Å²) in [5.74, 6) is -0.687. The van der Waals surface area contributed by atoms with Crippen LogP contribution in [-0.4, -0.2) is 28.8 Å². The molecule has 1 heterocycles. The van der Waals surface area contributed by atoms with Crippen LogP contribution < -0.4 is 5.32 Å². The van der Waals surface area contributed by atoms with Crippen LogP contribution in [0.3, 0.4) is 0 Å². The van der Waals surface area contributed by atoms with Crippen LogP contribution in [0.5, 0.6) is 0 Å². The lowest BCUT2D eigenvalue weighted by Crippen LogP contribution is -2.40. The highest BCUT2D eigenvalue weighted by molar-refractivity contribution is 9.10. The highest BCUT2D eigenvalue weighted by Gasteiger charge is 2.17. The van der Waals surface area contributed by atoms with E-state index in [9.17, 15) is 9.59 Å². The first-order valence-corrected chi connectivity index (χ1v) is 6.53. The zero-order valence-corrected chi connectivity index (χ0v) is 11.8. The second kappa shape index (κ2) is 7.27. The number of hydrogen-bond donors (Lipinski definition) is 3. The van der Waals surface area contributed by atoms with Crippen molar-refractivity contribution in [3.8, 4) is 0 Å². The molecule has 1 unspecified atom stereocenters. The van der Waals surface area contributed by atoms with Crippen molar-refractivity contribution in [2.24, 2.45) is 0 Å².